The zero-order valence-corrected chi connectivity index (χ0v) is 10.9. The molecule has 0 atom stereocenters. The Labute approximate surface area is 109 Å². The van der Waals surface area contributed by atoms with Gasteiger partial charge in [-0.1, -0.05) is 66.7 Å². The van der Waals surface area contributed by atoms with E-state index in [1.165, 1.54) is 11.1 Å². The summed E-state index contributed by atoms with van der Waals surface area (Å²) in [6.07, 6.45) is 4.24. The average molecular weight is 237 g/mol. The minimum atomic E-state index is -0.322. The van der Waals surface area contributed by atoms with Crippen molar-refractivity contribution in [3.8, 4) is 0 Å². The number of nitrogens with two attached hydrogens (primary N) is 1. The average Bonchev–Trinajstić information content (AvgIpc) is 2.37. The van der Waals surface area contributed by atoms with Crippen LogP contribution in [0.1, 0.15) is 30.5 Å². The molecule has 2 N–H and O–H groups in total. The fraction of sp³-hybridized carbons (Fsp3) is 0.176. The summed E-state index contributed by atoms with van der Waals surface area (Å²) in [7, 11) is 0. The largest absolute Gasteiger partial charge is 0.322 e. The molecular weight excluding hydrogens is 218 g/mol. The van der Waals surface area contributed by atoms with Crippen LogP contribution in [0, 0.1) is 0 Å². The van der Waals surface area contributed by atoms with Crippen molar-refractivity contribution in [1.82, 2.24) is 0 Å². The van der Waals surface area contributed by atoms with Crippen LogP contribution in [0.4, 0.5) is 0 Å². The van der Waals surface area contributed by atoms with Crippen molar-refractivity contribution in [3.63, 3.8) is 0 Å². The fourth-order valence-corrected chi connectivity index (χ4v) is 1.98. The van der Waals surface area contributed by atoms with Crippen molar-refractivity contribution < 1.29 is 0 Å². The van der Waals surface area contributed by atoms with Gasteiger partial charge in [-0.15, -0.1) is 0 Å². The van der Waals surface area contributed by atoms with Gasteiger partial charge in [0.1, 0.15) is 0 Å². The van der Waals surface area contributed by atoms with Crippen molar-refractivity contribution in [2.24, 2.45) is 5.73 Å². The smallest absolute Gasteiger partial charge is 0.0358 e. The van der Waals surface area contributed by atoms with Gasteiger partial charge in [0, 0.05) is 5.54 Å². The van der Waals surface area contributed by atoms with Gasteiger partial charge in [0.05, 0.1) is 0 Å². The van der Waals surface area contributed by atoms with Gasteiger partial charge in [-0.2, -0.15) is 0 Å². The van der Waals surface area contributed by atoms with Gasteiger partial charge >= 0.3 is 0 Å². The Hall–Kier alpha value is -1.86. The lowest BCUT2D eigenvalue weighted by Crippen LogP contribution is -2.29. The topological polar surface area (TPSA) is 26.0 Å². The summed E-state index contributed by atoms with van der Waals surface area (Å²) >= 11 is 0. The first-order valence-electron chi connectivity index (χ1n) is 6.19. The van der Waals surface area contributed by atoms with Gasteiger partial charge in [-0.25, -0.2) is 0 Å². The van der Waals surface area contributed by atoms with Crippen molar-refractivity contribution >= 4 is 12.2 Å². The number of hydrogen-bond donors (Lipinski definition) is 1. The van der Waals surface area contributed by atoms with E-state index in [9.17, 15) is 0 Å². The molecular formula is C17H19N. The molecule has 0 saturated carbocycles. The lowest BCUT2D eigenvalue weighted by Gasteiger charge is -2.21. The molecule has 0 aromatic heterocycles. The van der Waals surface area contributed by atoms with Gasteiger partial charge in [0.15, 0.2) is 0 Å². The van der Waals surface area contributed by atoms with E-state index in [2.05, 4.69) is 36.4 Å². The van der Waals surface area contributed by atoms with E-state index in [1.807, 2.05) is 44.2 Å². The second-order valence-corrected chi connectivity index (χ2v) is 5.05. The normalized spacial score (nSPS) is 11.9. The van der Waals surface area contributed by atoms with Gasteiger partial charge in [0.25, 0.3) is 0 Å². The van der Waals surface area contributed by atoms with Crippen molar-refractivity contribution in [2.45, 2.75) is 19.4 Å². The molecule has 0 amide bonds. The van der Waals surface area contributed by atoms with Gasteiger partial charge in [0.2, 0.25) is 0 Å². The molecule has 1 heteroatoms. The van der Waals surface area contributed by atoms with Crippen LogP contribution < -0.4 is 5.73 Å². The van der Waals surface area contributed by atoms with E-state index in [4.69, 9.17) is 5.73 Å². The quantitative estimate of drug-likeness (QED) is 0.801. The van der Waals surface area contributed by atoms with Crippen LogP contribution in [-0.2, 0) is 5.54 Å². The third-order valence-electron chi connectivity index (χ3n) is 2.91. The Kier molecular flexibility index (Phi) is 3.63. The summed E-state index contributed by atoms with van der Waals surface area (Å²) in [6, 6.07) is 18.5. The molecule has 0 fully saturated rings. The summed E-state index contributed by atoms with van der Waals surface area (Å²) in [5.74, 6) is 0. The third-order valence-corrected chi connectivity index (χ3v) is 2.91. The lowest BCUT2D eigenvalue weighted by atomic mass is 9.90. The van der Waals surface area contributed by atoms with Crippen LogP contribution in [-0.4, -0.2) is 0 Å². The van der Waals surface area contributed by atoms with Crippen LogP contribution in [0.2, 0.25) is 0 Å². The third kappa shape index (κ3) is 3.08. The van der Waals surface area contributed by atoms with Gasteiger partial charge in [-0.3, -0.25) is 0 Å². The van der Waals surface area contributed by atoms with Gasteiger partial charge < -0.3 is 5.73 Å². The molecule has 0 radical (unpaired) electrons. The Morgan fingerprint density at radius 2 is 1.44 bits per heavy atom. The first-order chi connectivity index (χ1) is 8.57. The summed E-state index contributed by atoms with van der Waals surface area (Å²) in [5.41, 5.74) is 9.41. The van der Waals surface area contributed by atoms with Crippen LogP contribution in [0.25, 0.3) is 12.2 Å². The van der Waals surface area contributed by atoms with Crippen molar-refractivity contribution in [2.75, 3.05) is 0 Å². The highest BCUT2D eigenvalue weighted by atomic mass is 14.7. The van der Waals surface area contributed by atoms with Crippen molar-refractivity contribution in [3.05, 3.63) is 71.3 Å². The minimum Gasteiger partial charge on any atom is -0.322 e. The van der Waals surface area contributed by atoms with Crippen LogP contribution in [0.5, 0.6) is 0 Å². The fourth-order valence-electron chi connectivity index (χ4n) is 1.98. The van der Waals surface area contributed by atoms with E-state index < -0.39 is 0 Å². The first kappa shape index (κ1) is 12.6. The number of hydrogen-bond acceptors (Lipinski definition) is 1. The number of rotatable bonds is 3. The molecule has 2 aromatic rings. The summed E-state index contributed by atoms with van der Waals surface area (Å²) in [6.45, 7) is 4.06. The summed E-state index contributed by atoms with van der Waals surface area (Å²) in [4.78, 5) is 0. The second kappa shape index (κ2) is 5.19. The summed E-state index contributed by atoms with van der Waals surface area (Å²) < 4.78 is 0. The molecule has 0 aliphatic heterocycles. The Bertz CT molecular complexity index is 533. The van der Waals surface area contributed by atoms with Crippen LogP contribution >= 0.6 is 0 Å². The molecule has 18 heavy (non-hydrogen) atoms. The van der Waals surface area contributed by atoms with E-state index in [-0.39, 0.29) is 5.54 Å². The minimum absolute atomic E-state index is 0.322. The van der Waals surface area contributed by atoms with Crippen LogP contribution in [0.3, 0.4) is 0 Å². The predicted octanol–water partition coefficient (Wildman–Crippen LogP) is 4.05. The standard InChI is InChI=1S/C17H19N/c1-17(2,18)16-11-7-6-10-15(16)13-12-14-8-4-3-5-9-14/h3-13H,18H2,1-2H3/b13-12+. The van der Waals surface area contributed by atoms with E-state index in [0.29, 0.717) is 0 Å². The molecule has 0 spiro atoms. The lowest BCUT2D eigenvalue weighted by molar-refractivity contribution is 0.553. The SMILES string of the molecule is CC(C)(N)c1ccccc1/C=C/c1ccccc1. The first-order valence-corrected chi connectivity index (χ1v) is 6.19. The molecule has 0 aliphatic carbocycles. The molecule has 0 heterocycles. The Morgan fingerprint density at radius 3 is 2.11 bits per heavy atom. The maximum absolute atomic E-state index is 6.19. The maximum atomic E-state index is 6.19. The molecule has 0 aliphatic rings. The number of benzene rings is 2. The Balaban J connectivity index is 2.33. The van der Waals surface area contributed by atoms with E-state index in [1.54, 1.807) is 0 Å². The van der Waals surface area contributed by atoms with Crippen LogP contribution in [0.15, 0.2) is 54.6 Å². The molecule has 0 bridgehead atoms. The maximum Gasteiger partial charge on any atom is 0.0358 e. The van der Waals surface area contributed by atoms with E-state index >= 15 is 0 Å². The Morgan fingerprint density at radius 1 is 0.833 bits per heavy atom. The molecule has 2 aromatic carbocycles. The van der Waals surface area contributed by atoms with Gasteiger partial charge in [-0.05, 0) is 30.5 Å². The zero-order chi connectivity index (χ0) is 13.0. The van der Waals surface area contributed by atoms with Crippen molar-refractivity contribution in [1.29, 1.82) is 0 Å². The predicted molar refractivity (Wildman–Crippen MR) is 79.0 cm³/mol. The molecule has 0 saturated heterocycles. The zero-order valence-electron chi connectivity index (χ0n) is 10.9. The highest BCUT2D eigenvalue weighted by molar-refractivity contribution is 5.71. The summed E-state index contributed by atoms with van der Waals surface area (Å²) in [5, 5.41) is 0. The monoisotopic (exact) mass is 237 g/mol. The highest BCUT2D eigenvalue weighted by Crippen LogP contribution is 2.22. The molecule has 92 valence electrons. The highest BCUT2D eigenvalue weighted by Gasteiger charge is 2.16. The molecule has 1 nitrogen and oxygen atoms in total. The molecule has 0 unspecified atom stereocenters. The second-order valence-electron chi connectivity index (χ2n) is 5.05. The van der Waals surface area contributed by atoms with E-state index in [0.717, 1.165) is 5.56 Å². The molecule has 2 rings (SSSR count).